The van der Waals surface area contributed by atoms with Crippen LogP contribution in [0.4, 0.5) is 0 Å². The fourth-order valence-corrected chi connectivity index (χ4v) is 3.75. The third kappa shape index (κ3) is 3.59. The van der Waals surface area contributed by atoms with Gasteiger partial charge in [0, 0.05) is 22.7 Å². The van der Waals surface area contributed by atoms with Crippen molar-refractivity contribution in [2.45, 2.75) is 18.9 Å². The summed E-state index contributed by atoms with van der Waals surface area (Å²) in [4.78, 5) is 25.8. The average Bonchev–Trinajstić information content (AvgIpc) is 3.12. The number of aliphatic imine (C=N–C) groups is 1. The molecule has 0 bridgehead atoms. The van der Waals surface area contributed by atoms with E-state index in [0.29, 0.717) is 17.9 Å². The molecule has 0 saturated carbocycles. The van der Waals surface area contributed by atoms with E-state index < -0.39 is 0 Å². The number of benzene rings is 1. The Balaban J connectivity index is 1.96. The molecule has 3 heterocycles. The number of terminal acetylenes is 1. The number of nitrogens with zero attached hydrogens (tertiary/aromatic N) is 4. The van der Waals surface area contributed by atoms with Crippen molar-refractivity contribution in [1.29, 1.82) is 0 Å². The minimum absolute atomic E-state index is 0.221. The van der Waals surface area contributed by atoms with Crippen molar-refractivity contribution in [2.75, 3.05) is 7.11 Å². The number of hydrogen-bond acceptors (Lipinski definition) is 5. The molecule has 0 amide bonds. The maximum atomic E-state index is 11.8. The summed E-state index contributed by atoms with van der Waals surface area (Å²) in [6.07, 6.45) is 9.80. The number of halogens is 1. The number of carbonyl (C=O) groups excluding carboxylic acids is 1. The van der Waals surface area contributed by atoms with Crippen molar-refractivity contribution in [1.82, 2.24) is 14.5 Å². The standard InChI is InChI=1S/C22H17BrN4O2/c1-3-15-13-25-22-18(8-10-20(28)29-2)26-21(17-6-4-5-11-24-17)16-12-14(23)7-9-19(16)27(15)22/h1,4-7,9,11-13,18H,8,10H2,2H3/t18-/m0/s1. The molecule has 7 heteroatoms. The summed E-state index contributed by atoms with van der Waals surface area (Å²) in [7, 11) is 1.38. The molecule has 0 aliphatic carbocycles. The van der Waals surface area contributed by atoms with Crippen LogP contribution in [-0.2, 0) is 9.53 Å². The number of fused-ring (bicyclic) bond motifs is 3. The van der Waals surface area contributed by atoms with Gasteiger partial charge >= 0.3 is 5.97 Å². The second-order valence-electron chi connectivity index (χ2n) is 6.47. The molecule has 144 valence electrons. The summed E-state index contributed by atoms with van der Waals surface area (Å²) in [5, 5.41) is 0. The van der Waals surface area contributed by atoms with Crippen LogP contribution in [0.2, 0.25) is 0 Å². The number of hydrogen-bond donors (Lipinski definition) is 0. The molecule has 0 saturated heterocycles. The molecule has 1 aliphatic rings. The number of ether oxygens (including phenoxy) is 1. The van der Waals surface area contributed by atoms with Gasteiger partial charge in [-0.2, -0.15) is 0 Å². The molecule has 0 radical (unpaired) electrons. The normalized spacial score (nSPS) is 14.8. The first-order valence-corrected chi connectivity index (χ1v) is 9.82. The predicted molar refractivity (Wildman–Crippen MR) is 113 cm³/mol. The smallest absolute Gasteiger partial charge is 0.305 e. The molecule has 29 heavy (non-hydrogen) atoms. The van der Waals surface area contributed by atoms with E-state index >= 15 is 0 Å². The van der Waals surface area contributed by atoms with Crippen molar-refractivity contribution in [3.8, 4) is 18.0 Å². The molecule has 0 unspecified atom stereocenters. The van der Waals surface area contributed by atoms with E-state index in [1.807, 2.05) is 41.0 Å². The van der Waals surface area contributed by atoms with Gasteiger partial charge in [-0.05, 0) is 36.8 Å². The highest BCUT2D eigenvalue weighted by Crippen LogP contribution is 2.34. The Morgan fingerprint density at radius 2 is 2.17 bits per heavy atom. The van der Waals surface area contributed by atoms with E-state index in [4.69, 9.17) is 16.2 Å². The van der Waals surface area contributed by atoms with Gasteiger partial charge in [0.25, 0.3) is 0 Å². The number of methoxy groups -OCH3 is 1. The van der Waals surface area contributed by atoms with E-state index in [2.05, 4.69) is 31.8 Å². The SMILES string of the molecule is C#Cc1cnc2n1-c1ccc(Br)cc1C(c1ccccn1)=N[C@H]2CCC(=O)OC. The lowest BCUT2D eigenvalue weighted by Gasteiger charge is -2.13. The Labute approximate surface area is 176 Å². The van der Waals surface area contributed by atoms with Crippen LogP contribution in [0.5, 0.6) is 0 Å². The van der Waals surface area contributed by atoms with E-state index in [9.17, 15) is 4.79 Å². The Hall–Kier alpha value is -3.24. The maximum absolute atomic E-state index is 11.8. The van der Waals surface area contributed by atoms with E-state index in [0.717, 1.165) is 27.1 Å². The summed E-state index contributed by atoms with van der Waals surface area (Å²) >= 11 is 3.55. The molecule has 4 rings (SSSR count). The highest BCUT2D eigenvalue weighted by molar-refractivity contribution is 9.10. The number of imidazole rings is 1. The summed E-state index contributed by atoms with van der Waals surface area (Å²) < 4.78 is 7.66. The van der Waals surface area contributed by atoms with Crippen LogP contribution in [0.3, 0.4) is 0 Å². The van der Waals surface area contributed by atoms with Gasteiger partial charge in [0.15, 0.2) is 0 Å². The van der Waals surface area contributed by atoms with Crippen molar-refractivity contribution in [3.63, 3.8) is 0 Å². The summed E-state index contributed by atoms with van der Waals surface area (Å²) in [5.41, 5.74) is 3.85. The van der Waals surface area contributed by atoms with Crippen LogP contribution >= 0.6 is 15.9 Å². The van der Waals surface area contributed by atoms with Crippen LogP contribution in [0.25, 0.3) is 5.69 Å². The first kappa shape index (κ1) is 19.1. The van der Waals surface area contributed by atoms with Crippen LogP contribution < -0.4 is 0 Å². The quantitative estimate of drug-likeness (QED) is 0.448. The predicted octanol–water partition coefficient (Wildman–Crippen LogP) is 3.86. The number of aromatic nitrogens is 3. The average molecular weight is 449 g/mol. The van der Waals surface area contributed by atoms with Crippen LogP contribution in [0.1, 0.15) is 41.7 Å². The molecule has 1 atom stereocenters. The maximum Gasteiger partial charge on any atom is 0.305 e. The Bertz CT molecular complexity index is 1150. The fraction of sp³-hybridized carbons (Fsp3) is 0.182. The van der Waals surface area contributed by atoms with Crippen LogP contribution in [0, 0.1) is 12.3 Å². The first-order valence-electron chi connectivity index (χ1n) is 9.03. The lowest BCUT2D eigenvalue weighted by atomic mass is 10.0. The lowest BCUT2D eigenvalue weighted by molar-refractivity contribution is -0.140. The Morgan fingerprint density at radius 1 is 1.31 bits per heavy atom. The van der Waals surface area contributed by atoms with Crippen molar-refractivity contribution in [2.24, 2.45) is 4.99 Å². The van der Waals surface area contributed by atoms with Crippen molar-refractivity contribution >= 4 is 27.6 Å². The van der Waals surface area contributed by atoms with Crippen LogP contribution in [-0.4, -0.2) is 33.3 Å². The Kier molecular flexibility index (Phi) is 5.28. The molecule has 1 aromatic carbocycles. The molecule has 6 nitrogen and oxygen atoms in total. The first-order chi connectivity index (χ1) is 14.1. The molecule has 0 spiro atoms. The third-order valence-electron chi connectivity index (χ3n) is 4.73. The van der Waals surface area contributed by atoms with E-state index in [1.165, 1.54) is 7.11 Å². The molecule has 0 N–H and O–H groups in total. The highest BCUT2D eigenvalue weighted by Gasteiger charge is 2.28. The molecule has 2 aromatic heterocycles. The minimum atomic E-state index is -0.376. The highest BCUT2D eigenvalue weighted by atomic mass is 79.9. The van der Waals surface area contributed by atoms with Gasteiger partial charge in [0.05, 0.1) is 30.4 Å². The summed E-state index contributed by atoms with van der Waals surface area (Å²) in [6, 6.07) is 11.2. The van der Waals surface area contributed by atoms with Gasteiger partial charge < -0.3 is 4.74 Å². The minimum Gasteiger partial charge on any atom is -0.469 e. The van der Waals surface area contributed by atoms with Gasteiger partial charge in [0.1, 0.15) is 17.6 Å². The number of carbonyl (C=O) groups is 1. The lowest BCUT2D eigenvalue weighted by Crippen LogP contribution is -2.09. The largest absolute Gasteiger partial charge is 0.469 e. The van der Waals surface area contributed by atoms with E-state index in [1.54, 1.807) is 12.4 Å². The third-order valence-corrected chi connectivity index (χ3v) is 5.22. The van der Waals surface area contributed by atoms with Crippen molar-refractivity contribution < 1.29 is 9.53 Å². The zero-order chi connectivity index (χ0) is 20.4. The molecule has 3 aromatic rings. The molecular weight excluding hydrogens is 432 g/mol. The number of esters is 1. The van der Waals surface area contributed by atoms with E-state index in [-0.39, 0.29) is 18.4 Å². The molecule has 1 aliphatic heterocycles. The van der Waals surface area contributed by atoms with Gasteiger partial charge in [-0.15, -0.1) is 6.42 Å². The zero-order valence-corrected chi connectivity index (χ0v) is 17.3. The monoisotopic (exact) mass is 448 g/mol. The second kappa shape index (κ2) is 8.02. The fourth-order valence-electron chi connectivity index (χ4n) is 3.39. The number of rotatable bonds is 4. The van der Waals surface area contributed by atoms with Gasteiger partial charge in [-0.25, -0.2) is 4.98 Å². The summed E-state index contributed by atoms with van der Waals surface area (Å²) in [5.74, 6) is 3.10. The number of pyridine rings is 1. The topological polar surface area (TPSA) is 69.4 Å². The zero-order valence-electron chi connectivity index (χ0n) is 15.7. The van der Waals surface area contributed by atoms with Crippen LogP contribution in [0.15, 0.2) is 58.3 Å². The summed E-state index contributed by atoms with van der Waals surface area (Å²) in [6.45, 7) is 0. The van der Waals surface area contributed by atoms with Gasteiger partial charge in [0.2, 0.25) is 0 Å². The second-order valence-corrected chi connectivity index (χ2v) is 7.38. The van der Waals surface area contributed by atoms with Gasteiger partial charge in [-0.3, -0.25) is 19.3 Å². The van der Waals surface area contributed by atoms with Crippen molar-refractivity contribution in [3.05, 3.63) is 76.0 Å². The molecular formula is C22H17BrN4O2. The molecule has 0 fully saturated rings. The van der Waals surface area contributed by atoms with Gasteiger partial charge in [-0.1, -0.05) is 27.9 Å². The Morgan fingerprint density at radius 3 is 2.90 bits per heavy atom.